The Balaban J connectivity index is 2.72. The molecule has 0 aliphatic heterocycles. The standard InChI is InChI=1S/C15H21F3N2O4/c1-14(2,3)24-13(23)20-7-11(21)12(22)9-5-4-8(6-10(9)19)15(16,17)18/h4-6,11-12,21-22H,7,19H2,1-3H3,(H,20,23). The Bertz CT molecular complexity index is 585. The van der Waals surface area contributed by atoms with Crippen molar-refractivity contribution in [1.29, 1.82) is 0 Å². The van der Waals surface area contributed by atoms with Gasteiger partial charge in [-0.3, -0.25) is 0 Å². The van der Waals surface area contributed by atoms with E-state index in [9.17, 15) is 28.2 Å². The van der Waals surface area contributed by atoms with E-state index in [4.69, 9.17) is 10.5 Å². The first-order valence-electron chi connectivity index (χ1n) is 7.11. The lowest BCUT2D eigenvalue weighted by molar-refractivity contribution is -0.137. The number of nitrogens with two attached hydrogens (primary N) is 1. The molecule has 0 fully saturated rings. The number of nitrogens with one attached hydrogen (secondary N) is 1. The number of hydrogen-bond acceptors (Lipinski definition) is 5. The van der Waals surface area contributed by atoms with Crippen molar-refractivity contribution in [2.75, 3.05) is 12.3 Å². The van der Waals surface area contributed by atoms with Gasteiger partial charge in [-0.1, -0.05) is 6.07 Å². The zero-order valence-electron chi connectivity index (χ0n) is 13.5. The number of ether oxygens (including phenoxy) is 1. The molecule has 0 saturated heterocycles. The fourth-order valence-corrected chi connectivity index (χ4v) is 1.84. The number of nitrogen functional groups attached to an aromatic ring is 1. The highest BCUT2D eigenvalue weighted by molar-refractivity contribution is 5.67. The minimum atomic E-state index is -4.56. The van der Waals surface area contributed by atoms with Gasteiger partial charge in [-0.25, -0.2) is 4.79 Å². The monoisotopic (exact) mass is 350 g/mol. The molecule has 0 radical (unpaired) electrons. The Morgan fingerprint density at radius 3 is 2.33 bits per heavy atom. The normalized spacial score (nSPS) is 14.8. The molecule has 0 heterocycles. The minimum absolute atomic E-state index is 0.0681. The van der Waals surface area contributed by atoms with Crippen LogP contribution in [-0.2, 0) is 10.9 Å². The summed E-state index contributed by atoms with van der Waals surface area (Å²) < 4.78 is 42.7. The Morgan fingerprint density at radius 2 is 1.88 bits per heavy atom. The molecule has 0 spiro atoms. The lowest BCUT2D eigenvalue weighted by Crippen LogP contribution is -2.39. The lowest BCUT2D eigenvalue weighted by Gasteiger charge is -2.23. The van der Waals surface area contributed by atoms with E-state index < -0.39 is 35.6 Å². The first-order chi connectivity index (χ1) is 10.8. The van der Waals surface area contributed by atoms with Gasteiger partial charge < -0.3 is 26.0 Å². The number of carbonyl (C=O) groups is 1. The highest BCUT2D eigenvalue weighted by Crippen LogP contribution is 2.33. The number of alkyl halides is 3. The SMILES string of the molecule is CC(C)(C)OC(=O)NCC(O)C(O)c1ccc(C(F)(F)F)cc1N. The number of benzene rings is 1. The van der Waals surface area contributed by atoms with E-state index in [2.05, 4.69) is 5.32 Å². The average molecular weight is 350 g/mol. The molecule has 1 aromatic rings. The van der Waals surface area contributed by atoms with Crippen LogP contribution < -0.4 is 11.1 Å². The van der Waals surface area contributed by atoms with Crippen molar-refractivity contribution < 1.29 is 32.9 Å². The Morgan fingerprint density at radius 1 is 1.29 bits per heavy atom. The molecule has 1 rings (SSSR count). The topological polar surface area (TPSA) is 105 Å². The van der Waals surface area contributed by atoms with E-state index in [1.165, 1.54) is 0 Å². The molecule has 0 aliphatic carbocycles. The molecular formula is C15H21F3N2O4. The third kappa shape index (κ3) is 5.89. The predicted octanol–water partition coefficient (Wildman–Crippen LogP) is 2.21. The molecule has 0 bridgehead atoms. The molecule has 1 amide bonds. The molecular weight excluding hydrogens is 329 g/mol. The second kappa shape index (κ2) is 7.27. The molecule has 2 atom stereocenters. The van der Waals surface area contributed by atoms with Crippen molar-refractivity contribution in [3.05, 3.63) is 29.3 Å². The molecule has 136 valence electrons. The van der Waals surface area contributed by atoms with Crippen molar-refractivity contribution in [2.24, 2.45) is 0 Å². The molecule has 0 aliphatic rings. The fraction of sp³-hybridized carbons (Fsp3) is 0.533. The molecule has 0 saturated carbocycles. The van der Waals surface area contributed by atoms with Crippen LogP contribution in [0.3, 0.4) is 0 Å². The number of hydrogen-bond donors (Lipinski definition) is 4. The van der Waals surface area contributed by atoms with E-state index >= 15 is 0 Å². The van der Waals surface area contributed by atoms with Crippen LogP contribution in [0.4, 0.5) is 23.7 Å². The van der Waals surface area contributed by atoms with E-state index in [1.54, 1.807) is 20.8 Å². The van der Waals surface area contributed by atoms with Gasteiger partial charge in [0.15, 0.2) is 0 Å². The maximum absolute atomic E-state index is 12.6. The van der Waals surface area contributed by atoms with Gasteiger partial charge in [-0.05, 0) is 32.9 Å². The van der Waals surface area contributed by atoms with Gasteiger partial charge in [0.1, 0.15) is 17.8 Å². The fourth-order valence-electron chi connectivity index (χ4n) is 1.84. The number of halogens is 3. The van der Waals surface area contributed by atoms with Crippen LogP contribution in [0.2, 0.25) is 0 Å². The van der Waals surface area contributed by atoms with Crippen molar-refractivity contribution in [3.8, 4) is 0 Å². The molecule has 0 aromatic heterocycles. The summed E-state index contributed by atoms with van der Waals surface area (Å²) in [7, 11) is 0. The van der Waals surface area contributed by atoms with E-state index in [0.29, 0.717) is 6.07 Å². The van der Waals surface area contributed by atoms with Gasteiger partial charge in [0, 0.05) is 17.8 Å². The van der Waals surface area contributed by atoms with Crippen molar-refractivity contribution in [2.45, 2.75) is 44.8 Å². The van der Waals surface area contributed by atoms with Gasteiger partial charge in [0.25, 0.3) is 0 Å². The van der Waals surface area contributed by atoms with Gasteiger partial charge in [-0.2, -0.15) is 13.2 Å². The average Bonchev–Trinajstić information content (AvgIpc) is 2.41. The zero-order chi connectivity index (χ0) is 18.7. The highest BCUT2D eigenvalue weighted by atomic mass is 19.4. The molecule has 6 nitrogen and oxygen atoms in total. The zero-order valence-corrected chi connectivity index (χ0v) is 13.5. The summed E-state index contributed by atoms with van der Waals surface area (Å²) in [5.41, 5.74) is 3.44. The van der Waals surface area contributed by atoms with Crippen LogP contribution in [0.15, 0.2) is 18.2 Å². The Labute approximate surface area is 137 Å². The first-order valence-corrected chi connectivity index (χ1v) is 7.11. The summed E-state index contributed by atoms with van der Waals surface area (Å²) in [6, 6.07) is 2.41. The number of rotatable bonds is 4. The first kappa shape index (κ1) is 20.0. The molecule has 2 unspecified atom stereocenters. The molecule has 5 N–H and O–H groups in total. The molecule has 24 heavy (non-hydrogen) atoms. The number of alkyl carbamates (subject to hydrolysis) is 1. The summed E-state index contributed by atoms with van der Waals surface area (Å²) in [6.07, 6.45) is -8.40. The number of aliphatic hydroxyl groups excluding tert-OH is 2. The predicted molar refractivity (Wildman–Crippen MR) is 81.1 cm³/mol. The minimum Gasteiger partial charge on any atom is -0.444 e. The third-order valence-corrected chi connectivity index (χ3v) is 2.95. The van der Waals surface area contributed by atoms with E-state index in [-0.39, 0.29) is 17.8 Å². The largest absolute Gasteiger partial charge is 0.444 e. The van der Waals surface area contributed by atoms with Crippen molar-refractivity contribution in [3.63, 3.8) is 0 Å². The molecule has 9 heteroatoms. The summed E-state index contributed by atoms with van der Waals surface area (Å²) in [6.45, 7) is 4.60. The maximum Gasteiger partial charge on any atom is 0.416 e. The summed E-state index contributed by atoms with van der Waals surface area (Å²) in [4.78, 5) is 11.5. The number of carbonyl (C=O) groups excluding carboxylic acids is 1. The van der Waals surface area contributed by atoms with E-state index in [0.717, 1.165) is 12.1 Å². The smallest absolute Gasteiger partial charge is 0.416 e. The van der Waals surface area contributed by atoms with Crippen molar-refractivity contribution >= 4 is 11.8 Å². The van der Waals surface area contributed by atoms with Crippen LogP contribution in [0.25, 0.3) is 0 Å². The second-order valence-corrected chi connectivity index (χ2v) is 6.24. The van der Waals surface area contributed by atoms with Gasteiger partial charge >= 0.3 is 12.3 Å². The van der Waals surface area contributed by atoms with Crippen LogP contribution in [0.1, 0.15) is 38.0 Å². The Kier molecular flexibility index (Phi) is 6.07. The van der Waals surface area contributed by atoms with Gasteiger partial charge in [-0.15, -0.1) is 0 Å². The lowest BCUT2D eigenvalue weighted by atomic mass is 10.0. The molecule has 1 aromatic carbocycles. The summed E-state index contributed by atoms with van der Waals surface area (Å²) in [5, 5.41) is 22.1. The quantitative estimate of drug-likeness (QED) is 0.623. The second-order valence-electron chi connectivity index (χ2n) is 6.24. The van der Waals surface area contributed by atoms with Crippen LogP contribution in [0, 0.1) is 0 Å². The van der Waals surface area contributed by atoms with Crippen LogP contribution >= 0.6 is 0 Å². The highest BCUT2D eigenvalue weighted by Gasteiger charge is 2.32. The van der Waals surface area contributed by atoms with E-state index in [1.807, 2.05) is 0 Å². The summed E-state index contributed by atoms with van der Waals surface area (Å²) >= 11 is 0. The number of amides is 1. The van der Waals surface area contributed by atoms with Crippen LogP contribution in [0.5, 0.6) is 0 Å². The van der Waals surface area contributed by atoms with Gasteiger partial charge in [0.05, 0.1) is 5.56 Å². The van der Waals surface area contributed by atoms with Crippen LogP contribution in [-0.4, -0.2) is 34.6 Å². The van der Waals surface area contributed by atoms with Gasteiger partial charge in [0.2, 0.25) is 0 Å². The van der Waals surface area contributed by atoms with Crippen molar-refractivity contribution in [1.82, 2.24) is 5.32 Å². The third-order valence-electron chi connectivity index (χ3n) is 2.95. The number of aliphatic hydroxyl groups is 2. The maximum atomic E-state index is 12.6. The number of anilines is 1. The Hall–Kier alpha value is -2.00. The summed E-state index contributed by atoms with van der Waals surface area (Å²) in [5.74, 6) is 0.